The number of hydrogen-bond acceptors (Lipinski definition) is 6. The monoisotopic (exact) mass is 404 g/mol. The zero-order chi connectivity index (χ0) is 17.0. The standard InChI is InChI=1S/C7H8OS.C5H3BrOS.C2H7BO2/c1-2-6-3-4-7(5-8)9-6;6-5-2-1-4(3-7)8-5;1-2-3(4)5/h3-5H,2H2,1H3;1-3H;4-5H,2H2,1H3. The zero-order valence-electron chi connectivity index (χ0n) is 12.4. The van der Waals surface area contributed by atoms with Crippen molar-refractivity contribution in [1.29, 1.82) is 0 Å². The van der Waals surface area contributed by atoms with Crippen molar-refractivity contribution in [3.8, 4) is 0 Å². The van der Waals surface area contributed by atoms with E-state index in [-0.39, 0.29) is 0 Å². The Hall–Kier alpha value is -0.795. The molecule has 0 amide bonds. The Kier molecular flexibility index (Phi) is 12.3. The Morgan fingerprint density at radius 1 is 1.05 bits per heavy atom. The molecular formula is C14H18BBrO4S2. The summed E-state index contributed by atoms with van der Waals surface area (Å²) in [5.74, 6) is 0. The highest BCUT2D eigenvalue weighted by molar-refractivity contribution is 9.11. The van der Waals surface area contributed by atoms with Crippen LogP contribution in [0.3, 0.4) is 0 Å². The molecule has 0 fully saturated rings. The summed E-state index contributed by atoms with van der Waals surface area (Å²) in [5.41, 5.74) is 0. The third kappa shape index (κ3) is 10.0. The van der Waals surface area contributed by atoms with Gasteiger partial charge < -0.3 is 10.0 Å². The van der Waals surface area contributed by atoms with E-state index in [0.29, 0.717) is 6.32 Å². The molecule has 2 heterocycles. The molecular weight excluding hydrogens is 387 g/mol. The zero-order valence-corrected chi connectivity index (χ0v) is 15.6. The van der Waals surface area contributed by atoms with Crippen LogP contribution in [-0.4, -0.2) is 29.7 Å². The first-order valence-corrected chi connectivity index (χ1v) is 8.99. The fourth-order valence-electron chi connectivity index (χ4n) is 1.04. The number of aryl methyl sites for hydroxylation is 1. The van der Waals surface area contributed by atoms with Crippen LogP contribution in [0.15, 0.2) is 28.1 Å². The van der Waals surface area contributed by atoms with Gasteiger partial charge in [-0.1, -0.05) is 13.8 Å². The van der Waals surface area contributed by atoms with Crippen LogP contribution < -0.4 is 0 Å². The van der Waals surface area contributed by atoms with Crippen LogP contribution in [0.1, 0.15) is 38.1 Å². The van der Waals surface area contributed by atoms with Gasteiger partial charge in [-0.15, -0.1) is 22.7 Å². The molecule has 0 aliphatic heterocycles. The Bertz CT molecular complexity index is 555. The second-order valence-corrected chi connectivity index (χ2v) is 7.62. The van der Waals surface area contributed by atoms with E-state index in [1.54, 1.807) is 24.3 Å². The first kappa shape index (κ1) is 21.2. The van der Waals surface area contributed by atoms with E-state index in [2.05, 4.69) is 22.9 Å². The van der Waals surface area contributed by atoms with Crippen LogP contribution in [0.2, 0.25) is 6.32 Å². The molecule has 120 valence electrons. The maximum atomic E-state index is 10.1. The van der Waals surface area contributed by atoms with Gasteiger partial charge in [0, 0.05) is 4.88 Å². The van der Waals surface area contributed by atoms with Crippen LogP contribution in [0.4, 0.5) is 0 Å². The number of thiophene rings is 2. The Morgan fingerprint density at radius 3 is 1.77 bits per heavy atom. The van der Waals surface area contributed by atoms with Crippen molar-refractivity contribution in [3.63, 3.8) is 0 Å². The van der Waals surface area contributed by atoms with Gasteiger partial charge in [-0.25, -0.2) is 0 Å². The summed E-state index contributed by atoms with van der Waals surface area (Å²) in [6.07, 6.45) is 3.18. The maximum Gasteiger partial charge on any atom is 0.451 e. The summed E-state index contributed by atoms with van der Waals surface area (Å²) in [5, 5.41) is 15.8. The van der Waals surface area contributed by atoms with Crippen LogP contribution >= 0.6 is 38.6 Å². The van der Waals surface area contributed by atoms with Crippen molar-refractivity contribution in [3.05, 3.63) is 42.7 Å². The molecule has 0 aliphatic rings. The van der Waals surface area contributed by atoms with Crippen LogP contribution in [-0.2, 0) is 6.42 Å². The molecule has 2 aromatic rings. The number of hydrogen-bond donors (Lipinski definition) is 2. The average molecular weight is 405 g/mol. The summed E-state index contributed by atoms with van der Waals surface area (Å²) in [7, 11) is -1.12. The number of halogens is 1. The minimum Gasteiger partial charge on any atom is -0.427 e. The van der Waals surface area contributed by atoms with Crippen molar-refractivity contribution in [2.24, 2.45) is 0 Å². The van der Waals surface area contributed by atoms with Gasteiger partial charge in [0.05, 0.1) is 13.5 Å². The van der Waals surface area contributed by atoms with E-state index in [1.807, 2.05) is 18.2 Å². The second kappa shape index (κ2) is 12.7. The smallest absolute Gasteiger partial charge is 0.427 e. The first-order valence-electron chi connectivity index (χ1n) is 6.57. The van der Waals surface area contributed by atoms with Gasteiger partial charge in [-0.3, -0.25) is 9.59 Å². The van der Waals surface area contributed by atoms with Gasteiger partial charge in [0.15, 0.2) is 12.6 Å². The number of rotatable bonds is 4. The molecule has 0 atom stereocenters. The highest BCUT2D eigenvalue weighted by Gasteiger charge is 1.96. The average Bonchev–Trinajstić information content (AvgIpc) is 3.16. The van der Waals surface area contributed by atoms with Crippen LogP contribution in [0, 0.1) is 0 Å². The Balaban J connectivity index is 0.000000315. The largest absolute Gasteiger partial charge is 0.451 e. The Morgan fingerprint density at radius 2 is 1.55 bits per heavy atom. The molecule has 0 spiro atoms. The normalized spacial score (nSPS) is 8.95. The third-order valence-corrected chi connectivity index (χ3v) is 4.93. The lowest BCUT2D eigenvalue weighted by atomic mass is 9.88. The SMILES string of the molecule is CCB(O)O.CCc1ccc(C=O)s1.O=Cc1ccc(Br)s1. The highest BCUT2D eigenvalue weighted by atomic mass is 79.9. The van der Waals surface area contributed by atoms with Crippen molar-refractivity contribution in [2.75, 3.05) is 0 Å². The van der Waals surface area contributed by atoms with Gasteiger partial charge in [0.2, 0.25) is 0 Å². The lowest BCUT2D eigenvalue weighted by Crippen LogP contribution is -2.06. The molecule has 4 nitrogen and oxygen atoms in total. The van der Waals surface area contributed by atoms with E-state index >= 15 is 0 Å². The van der Waals surface area contributed by atoms with Crippen molar-refractivity contribution < 1.29 is 19.6 Å². The van der Waals surface area contributed by atoms with E-state index < -0.39 is 7.12 Å². The van der Waals surface area contributed by atoms with Crippen LogP contribution in [0.5, 0.6) is 0 Å². The molecule has 22 heavy (non-hydrogen) atoms. The molecule has 0 saturated carbocycles. The molecule has 2 N–H and O–H groups in total. The molecule has 0 saturated heterocycles. The van der Waals surface area contributed by atoms with E-state index in [9.17, 15) is 9.59 Å². The fraction of sp³-hybridized carbons (Fsp3) is 0.286. The quantitative estimate of drug-likeness (QED) is 0.598. The topological polar surface area (TPSA) is 74.6 Å². The number of aldehydes is 2. The summed E-state index contributed by atoms with van der Waals surface area (Å²) in [6, 6.07) is 7.49. The highest BCUT2D eigenvalue weighted by Crippen LogP contribution is 2.19. The second-order valence-electron chi connectivity index (χ2n) is 3.92. The lowest BCUT2D eigenvalue weighted by Gasteiger charge is -1.81. The molecule has 2 aromatic heterocycles. The molecule has 0 aromatic carbocycles. The lowest BCUT2D eigenvalue weighted by molar-refractivity contribution is 0.111. The van der Waals surface area contributed by atoms with Gasteiger partial charge >= 0.3 is 7.12 Å². The first-order chi connectivity index (χ1) is 10.5. The van der Waals surface area contributed by atoms with Gasteiger partial charge in [-0.2, -0.15) is 0 Å². The molecule has 8 heteroatoms. The van der Waals surface area contributed by atoms with E-state index in [4.69, 9.17) is 10.0 Å². The van der Waals surface area contributed by atoms with Crippen molar-refractivity contribution in [2.45, 2.75) is 26.6 Å². The molecule has 0 bridgehead atoms. The molecule has 0 unspecified atom stereocenters. The third-order valence-electron chi connectivity index (χ3n) is 2.22. The minimum atomic E-state index is -1.12. The predicted molar refractivity (Wildman–Crippen MR) is 97.2 cm³/mol. The molecule has 2 rings (SSSR count). The van der Waals surface area contributed by atoms with E-state index in [0.717, 1.165) is 32.5 Å². The fourth-order valence-corrected chi connectivity index (χ4v) is 3.05. The van der Waals surface area contributed by atoms with Crippen LogP contribution in [0.25, 0.3) is 0 Å². The summed E-state index contributed by atoms with van der Waals surface area (Å²) in [6.45, 7) is 3.78. The molecule has 0 aliphatic carbocycles. The minimum absolute atomic E-state index is 0.417. The number of carbonyl (C=O) groups excluding carboxylic acids is 2. The summed E-state index contributed by atoms with van der Waals surface area (Å²) >= 11 is 6.23. The summed E-state index contributed by atoms with van der Waals surface area (Å²) < 4.78 is 1.000. The van der Waals surface area contributed by atoms with Gasteiger partial charge in [-0.05, 0) is 52.9 Å². The number of carbonyl (C=O) groups is 2. The molecule has 0 radical (unpaired) electrons. The van der Waals surface area contributed by atoms with Crippen molar-refractivity contribution >= 4 is 58.3 Å². The maximum absolute atomic E-state index is 10.1. The van der Waals surface area contributed by atoms with Crippen molar-refractivity contribution in [1.82, 2.24) is 0 Å². The van der Waals surface area contributed by atoms with E-state index in [1.165, 1.54) is 16.2 Å². The Labute approximate surface area is 147 Å². The van der Waals surface area contributed by atoms with Gasteiger partial charge in [0.25, 0.3) is 0 Å². The van der Waals surface area contributed by atoms with Gasteiger partial charge in [0.1, 0.15) is 0 Å². The predicted octanol–water partition coefficient (Wildman–Crippen LogP) is 3.93. The summed E-state index contributed by atoms with van der Waals surface area (Å²) in [4.78, 5) is 23.0.